The summed E-state index contributed by atoms with van der Waals surface area (Å²) in [6, 6.07) is 1.10. The van der Waals surface area contributed by atoms with Gasteiger partial charge in [-0.2, -0.15) is 0 Å². The highest BCUT2D eigenvalue weighted by Gasteiger charge is 2.31. The van der Waals surface area contributed by atoms with Crippen LogP contribution < -0.4 is 5.32 Å². The van der Waals surface area contributed by atoms with E-state index in [2.05, 4.69) is 17.1 Å². The van der Waals surface area contributed by atoms with Crippen LogP contribution in [0.4, 0.5) is 0 Å². The summed E-state index contributed by atoms with van der Waals surface area (Å²) in [6.07, 6.45) is 1.78. The van der Waals surface area contributed by atoms with Crippen LogP contribution in [0.3, 0.4) is 0 Å². The summed E-state index contributed by atoms with van der Waals surface area (Å²) in [4.78, 5) is 2.34. The lowest BCUT2D eigenvalue weighted by atomic mass is 10.2. The number of hydrogen-bond acceptors (Lipinski definition) is 4. The van der Waals surface area contributed by atoms with Crippen molar-refractivity contribution in [3.8, 4) is 0 Å². The molecule has 0 aromatic carbocycles. The van der Waals surface area contributed by atoms with Crippen LogP contribution in [-0.2, 0) is 4.74 Å². The number of hydrogen-bond donors (Lipinski definition) is 2. The molecule has 0 aliphatic carbocycles. The van der Waals surface area contributed by atoms with Crippen molar-refractivity contribution in [1.29, 1.82) is 0 Å². The number of ether oxygens (including phenoxy) is 1. The van der Waals surface area contributed by atoms with Crippen LogP contribution in [0.25, 0.3) is 0 Å². The quantitative estimate of drug-likeness (QED) is 0.631. The lowest BCUT2D eigenvalue weighted by Crippen LogP contribution is -2.44. The molecule has 15 heavy (non-hydrogen) atoms. The Morgan fingerprint density at radius 3 is 2.87 bits per heavy atom. The number of rotatable bonds is 6. The van der Waals surface area contributed by atoms with Crippen molar-refractivity contribution in [1.82, 2.24) is 10.2 Å². The van der Waals surface area contributed by atoms with Gasteiger partial charge in [0.05, 0.1) is 0 Å². The Labute approximate surface area is 92.6 Å². The summed E-state index contributed by atoms with van der Waals surface area (Å²) in [5.74, 6) is 0. The van der Waals surface area contributed by atoms with Crippen molar-refractivity contribution in [3.63, 3.8) is 0 Å². The lowest BCUT2D eigenvalue weighted by molar-refractivity contribution is -0.114. The highest BCUT2D eigenvalue weighted by molar-refractivity contribution is 4.86. The molecule has 3 atom stereocenters. The molecule has 0 aromatic rings. The molecule has 1 aliphatic heterocycles. The Hall–Kier alpha value is -0.160. The van der Waals surface area contributed by atoms with Crippen molar-refractivity contribution in [2.24, 2.45) is 0 Å². The van der Waals surface area contributed by atoms with Gasteiger partial charge in [0.2, 0.25) is 0 Å². The van der Waals surface area contributed by atoms with Crippen molar-refractivity contribution >= 4 is 0 Å². The highest BCUT2D eigenvalue weighted by atomic mass is 16.6. The number of nitrogens with one attached hydrogen (secondary N) is 1. The van der Waals surface area contributed by atoms with E-state index in [0.29, 0.717) is 25.2 Å². The van der Waals surface area contributed by atoms with Gasteiger partial charge in [0.15, 0.2) is 6.29 Å². The topological polar surface area (TPSA) is 44.7 Å². The minimum Gasteiger partial charge on any atom is -0.367 e. The second kappa shape index (κ2) is 6.43. The first-order chi connectivity index (χ1) is 7.19. The van der Waals surface area contributed by atoms with Crippen LogP contribution in [0.2, 0.25) is 0 Å². The van der Waals surface area contributed by atoms with E-state index >= 15 is 0 Å². The first-order valence-electron chi connectivity index (χ1n) is 5.89. The Bertz CT molecular complexity index is 176. The van der Waals surface area contributed by atoms with Gasteiger partial charge >= 0.3 is 0 Å². The second-order valence-electron chi connectivity index (χ2n) is 4.24. The summed E-state index contributed by atoms with van der Waals surface area (Å²) < 4.78 is 5.17. The molecule has 0 radical (unpaired) electrons. The van der Waals surface area contributed by atoms with Gasteiger partial charge in [0.1, 0.15) is 0 Å². The van der Waals surface area contributed by atoms with Gasteiger partial charge in [-0.1, -0.05) is 0 Å². The molecule has 1 rings (SSSR count). The molecule has 4 heteroatoms. The fourth-order valence-electron chi connectivity index (χ4n) is 2.33. The average molecular weight is 216 g/mol. The summed E-state index contributed by atoms with van der Waals surface area (Å²) >= 11 is 0. The minimum absolute atomic E-state index is 0.542. The standard InChI is InChI=1S/C11H24N2O2/c1-4-15-11(14)8-13-9(2)5-6-10(13)7-12-3/h9-12,14H,4-8H2,1-3H3/t9-,10-,11?/m0/s1. The van der Waals surface area contributed by atoms with Crippen LogP contribution in [-0.4, -0.2) is 55.1 Å². The molecule has 2 N–H and O–H groups in total. The maximum atomic E-state index is 9.63. The predicted octanol–water partition coefficient (Wildman–Crippen LogP) is 0.414. The number of likely N-dealkylation sites (N-methyl/N-ethyl adjacent to an activating group) is 1. The van der Waals surface area contributed by atoms with Crippen molar-refractivity contribution in [2.75, 3.05) is 26.7 Å². The van der Waals surface area contributed by atoms with E-state index < -0.39 is 6.29 Å². The maximum Gasteiger partial charge on any atom is 0.167 e. The molecule has 0 saturated carbocycles. The third-order valence-electron chi connectivity index (χ3n) is 3.12. The van der Waals surface area contributed by atoms with E-state index in [4.69, 9.17) is 4.74 Å². The van der Waals surface area contributed by atoms with Gasteiger partial charge in [0, 0.05) is 31.8 Å². The monoisotopic (exact) mass is 216 g/mol. The minimum atomic E-state index is -0.644. The van der Waals surface area contributed by atoms with Crippen LogP contribution in [0, 0.1) is 0 Å². The van der Waals surface area contributed by atoms with Crippen LogP contribution in [0.5, 0.6) is 0 Å². The molecule has 0 aromatic heterocycles. The first kappa shape index (κ1) is 12.9. The first-order valence-corrected chi connectivity index (χ1v) is 5.89. The normalized spacial score (nSPS) is 29.6. The Morgan fingerprint density at radius 2 is 2.27 bits per heavy atom. The Kier molecular flexibility index (Phi) is 5.53. The van der Waals surface area contributed by atoms with E-state index in [1.165, 1.54) is 12.8 Å². The molecular formula is C11H24N2O2. The van der Waals surface area contributed by atoms with Gasteiger partial charge < -0.3 is 15.2 Å². The highest BCUT2D eigenvalue weighted by Crippen LogP contribution is 2.23. The van der Waals surface area contributed by atoms with Gasteiger partial charge in [-0.3, -0.25) is 4.90 Å². The fourth-order valence-corrected chi connectivity index (χ4v) is 2.33. The van der Waals surface area contributed by atoms with E-state index in [1.54, 1.807) is 0 Å². The van der Waals surface area contributed by atoms with Gasteiger partial charge in [-0.15, -0.1) is 0 Å². The summed E-state index contributed by atoms with van der Waals surface area (Å²) in [7, 11) is 1.97. The molecule has 0 amide bonds. The Balaban J connectivity index is 2.41. The molecule has 1 aliphatic rings. The second-order valence-corrected chi connectivity index (χ2v) is 4.24. The van der Waals surface area contributed by atoms with Crippen molar-refractivity contribution < 1.29 is 9.84 Å². The molecular weight excluding hydrogens is 192 g/mol. The van der Waals surface area contributed by atoms with E-state index in [9.17, 15) is 5.11 Å². The zero-order valence-corrected chi connectivity index (χ0v) is 10.1. The summed E-state index contributed by atoms with van der Waals surface area (Å²) in [6.45, 7) is 6.31. The zero-order valence-electron chi connectivity index (χ0n) is 10.1. The molecule has 1 saturated heterocycles. The molecule has 1 unspecified atom stereocenters. The molecule has 4 nitrogen and oxygen atoms in total. The largest absolute Gasteiger partial charge is 0.367 e. The van der Waals surface area contributed by atoms with E-state index in [0.717, 1.165) is 6.54 Å². The molecule has 90 valence electrons. The van der Waals surface area contributed by atoms with Gasteiger partial charge in [-0.05, 0) is 33.7 Å². The van der Waals surface area contributed by atoms with Crippen molar-refractivity contribution in [3.05, 3.63) is 0 Å². The van der Waals surface area contributed by atoms with E-state index in [1.807, 2.05) is 14.0 Å². The summed E-state index contributed by atoms with van der Waals surface area (Å²) in [5.41, 5.74) is 0. The lowest BCUT2D eigenvalue weighted by Gasteiger charge is -2.30. The SMILES string of the molecule is CCOC(O)CN1[C@H](CNC)CC[C@@H]1C. The predicted molar refractivity (Wildman–Crippen MR) is 60.7 cm³/mol. The number of nitrogens with zero attached hydrogens (tertiary/aromatic N) is 1. The maximum absolute atomic E-state index is 9.63. The number of likely N-dealkylation sites (tertiary alicyclic amines) is 1. The number of aliphatic hydroxyl groups excluding tert-OH is 1. The number of β-amino-alcohol motifs (C(OH)–C–C–N with tert-alkyl or cyclic N) is 1. The number of aliphatic hydroxyl groups is 1. The molecule has 0 bridgehead atoms. The molecule has 1 heterocycles. The Morgan fingerprint density at radius 1 is 1.53 bits per heavy atom. The third-order valence-corrected chi connectivity index (χ3v) is 3.12. The van der Waals surface area contributed by atoms with Crippen LogP contribution in [0.1, 0.15) is 26.7 Å². The smallest absolute Gasteiger partial charge is 0.167 e. The fraction of sp³-hybridized carbons (Fsp3) is 1.00. The average Bonchev–Trinajstić information content (AvgIpc) is 2.51. The molecule has 0 spiro atoms. The van der Waals surface area contributed by atoms with E-state index in [-0.39, 0.29) is 0 Å². The zero-order chi connectivity index (χ0) is 11.3. The third kappa shape index (κ3) is 3.72. The van der Waals surface area contributed by atoms with Crippen molar-refractivity contribution in [2.45, 2.75) is 45.1 Å². The van der Waals surface area contributed by atoms with Crippen LogP contribution >= 0.6 is 0 Å². The summed E-state index contributed by atoms with van der Waals surface area (Å²) in [5, 5.41) is 12.8. The van der Waals surface area contributed by atoms with Gasteiger partial charge in [-0.25, -0.2) is 0 Å². The van der Waals surface area contributed by atoms with Gasteiger partial charge in [0.25, 0.3) is 0 Å². The van der Waals surface area contributed by atoms with Crippen LogP contribution in [0.15, 0.2) is 0 Å². The molecule has 1 fully saturated rings.